The molecule has 0 bridgehead atoms. The molecule has 6 heteroatoms. The molecule has 1 N–H and O–H groups in total. The second kappa shape index (κ2) is 5.46. The normalized spacial score (nSPS) is 25.5. The molecule has 0 atom stereocenters. The molecule has 0 aromatic carbocycles. The minimum Gasteiger partial charge on any atom is -0.381 e. The van der Waals surface area contributed by atoms with Crippen LogP contribution in [-0.2, 0) is 14.3 Å². The molecule has 5 nitrogen and oxygen atoms in total. The third-order valence-corrected chi connectivity index (χ3v) is 3.71. The van der Waals surface area contributed by atoms with E-state index in [1.165, 1.54) is 4.90 Å². The van der Waals surface area contributed by atoms with E-state index in [0.29, 0.717) is 31.8 Å². The first-order valence-corrected chi connectivity index (χ1v) is 6.99. The van der Waals surface area contributed by atoms with Gasteiger partial charge in [-0.3, -0.25) is 14.5 Å². The summed E-state index contributed by atoms with van der Waals surface area (Å²) in [5.74, 6) is -0.198. The average molecular weight is 329 g/mol. The highest BCUT2D eigenvalue weighted by molar-refractivity contribution is 9.11. The van der Waals surface area contributed by atoms with Crippen LogP contribution in [0.5, 0.6) is 0 Å². The van der Waals surface area contributed by atoms with Crippen molar-refractivity contribution in [3.8, 4) is 0 Å². The van der Waals surface area contributed by atoms with Crippen LogP contribution in [0.2, 0.25) is 0 Å². The largest absolute Gasteiger partial charge is 0.381 e. The van der Waals surface area contributed by atoms with Gasteiger partial charge in [-0.2, -0.15) is 0 Å². The molecule has 104 valence electrons. The van der Waals surface area contributed by atoms with Gasteiger partial charge >= 0.3 is 0 Å². The predicted octanol–water partition coefficient (Wildman–Crippen LogP) is 1.65. The highest BCUT2D eigenvalue weighted by atomic mass is 79.9. The first kappa shape index (κ1) is 14.3. The van der Waals surface area contributed by atoms with Crippen LogP contribution in [0.4, 0.5) is 0 Å². The Labute approximate surface area is 120 Å². The van der Waals surface area contributed by atoms with Gasteiger partial charge in [-0.25, -0.2) is 0 Å². The van der Waals surface area contributed by atoms with Gasteiger partial charge in [0.15, 0.2) is 0 Å². The highest BCUT2D eigenvalue weighted by Crippen LogP contribution is 2.34. The first-order valence-electron chi connectivity index (χ1n) is 6.20. The molecule has 2 saturated heterocycles. The molecule has 2 aliphatic rings. The monoisotopic (exact) mass is 328 g/mol. The van der Waals surface area contributed by atoms with Crippen molar-refractivity contribution >= 4 is 28.2 Å². The van der Waals surface area contributed by atoms with E-state index in [-0.39, 0.29) is 5.91 Å². The molecule has 0 aromatic rings. The molecule has 19 heavy (non-hydrogen) atoms. The SMILES string of the molecule is CC(/C=C(\C)Br)=C1\C(=O)NC2(CCOCC2)N1C=O. The number of rotatable bonds is 2. The van der Waals surface area contributed by atoms with Crippen LogP contribution < -0.4 is 5.32 Å². The number of allylic oxidation sites excluding steroid dienone is 3. The van der Waals surface area contributed by atoms with Crippen molar-refractivity contribution < 1.29 is 14.3 Å². The zero-order chi connectivity index (χ0) is 14.0. The Bertz CT molecular complexity index is 461. The maximum atomic E-state index is 12.2. The number of halogens is 1. The first-order chi connectivity index (χ1) is 9.00. The number of hydrogen-bond donors (Lipinski definition) is 1. The molecule has 0 aromatic heterocycles. The van der Waals surface area contributed by atoms with Gasteiger partial charge in [-0.15, -0.1) is 0 Å². The Hall–Kier alpha value is -1.14. The minimum absolute atomic E-state index is 0.198. The lowest BCUT2D eigenvalue weighted by Gasteiger charge is -2.38. The standard InChI is InChI=1S/C13H17BrN2O3/c1-9(7-10(2)14)11-12(18)15-13(16(11)8-17)3-5-19-6-4-13/h7-8H,3-6H2,1-2H3,(H,15,18)/b10-7+,11-9-. The summed E-state index contributed by atoms with van der Waals surface area (Å²) < 4.78 is 6.22. The Kier molecular flexibility index (Phi) is 4.10. The smallest absolute Gasteiger partial charge is 0.270 e. The van der Waals surface area contributed by atoms with E-state index in [9.17, 15) is 9.59 Å². The van der Waals surface area contributed by atoms with Gasteiger partial charge in [0, 0.05) is 12.8 Å². The van der Waals surface area contributed by atoms with Crippen molar-refractivity contribution in [1.82, 2.24) is 10.2 Å². The molecular weight excluding hydrogens is 312 g/mol. The fourth-order valence-electron chi connectivity index (χ4n) is 2.62. The van der Waals surface area contributed by atoms with E-state index in [2.05, 4.69) is 21.2 Å². The van der Waals surface area contributed by atoms with E-state index >= 15 is 0 Å². The van der Waals surface area contributed by atoms with Crippen molar-refractivity contribution in [3.63, 3.8) is 0 Å². The molecular formula is C13H17BrN2O3. The van der Waals surface area contributed by atoms with Gasteiger partial charge in [-0.05, 0) is 30.0 Å². The fourth-order valence-corrected chi connectivity index (χ4v) is 2.96. The van der Waals surface area contributed by atoms with Gasteiger partial charge < -0.3 is 10.1 Å². The van der Waals surface area contributed by atoms with Crippen LogP contribution in [0, 0.1) is 0 Å². The van der Waals surface area contributed by atoms with Gasteiger partial charge in [0.2, 0.25) is 6.41 Å². The Morgan fingerprint density at radius 3 is 2.58 bits per heavy atom. The van der Waals surface area contributed by atoms with Crippen LogP contribution in [0.15, 0.2) is 21.8 Å². The molecule has 2 heterocycles. The number of nitrogens with zero attached hydrogens (tertiary/aromatic N) is 1. The van der Waals surface area contributed by atoms with E-state index < -0.39 is 5.66 Å². The third-order valence-electron chi connectivity index (χ3n) is 3.48. The second-order valence-corrected chi connectivity index (χ2v) is 6.09. The number of amides is 2. The van der Waals surface area contributed by atoms with E-state index in [0.717, 1.165) is 16.5 Å². The van der Waals surface area contributed by atoms with Crippen molar-refractivity contribution in [1.29, 1.82) is 0 Å². The summed E-state index contributed by atoms with van der Waals surface area (Å²) in [5, 5.41) is 2.95. The van der Waals surface area contributed by atoms with Crippen molar-refractivity contribution in [2.45, 2.75) is 32.4 Å². The molecule has 0 radical (unpaired) electrons. The lowest BCUT2D eigenvalue weighted by atomic mass is 10.00. The lowest BCUT2D eigenvalue weighted by Crippen LogP contribution is -2.54. The summed E-state index contributed by atoms with van der Waals surface area (Å²) in [6.45, 7) is 4.80. The maximum absolute atomic E-state index is 12.2. The zero-order valence-electron chi connectivity index (χ0n) is 11.0. The third kappa shape index (κ3) is 2.60. The quantitative estimate of drug-likeness (QED) is 0.619. The summed E-state index contributed by atoms with van der Waals surface area (Å²) in [4.78, 5) is 25.2. The molecule has 2 fully saturated rings. The highest BCUT2D eigenvalue weighted by Gasteiger charge is 2.48. The maximum Gasteiger partial charge on any atom is 0.270 e. The summed E-state index contributed by atoms with van der Waals surface area (Å²) in [7, 11) is 0. The molecule has 0 aliphatic carbocycles. The summed E-state index contributed by atoms with van der Waals surface area (Å²) in [5.41, 5.74) is 0.583. The van der Waals surface area contributed by atoms with Gasteiger partial charge in [-0.1, -0.05) is 15.9 Å². The Balaban J connectivity index is 2.43. The van der Waals surface area contributed by atoms with Crippen molar-refractivity contribution in [2.75, 3.05) is 13.2 Å². The van der Waals surface area contributed by atoms with Gasteiger partial charge in [0.05, 0.1) is 13.2 Å². The molecule has 2 amide bonds. The van der Waals surface area contributed by atoms with E-state index in [1.807, 2.05) is 19.9 Å². The van der Waals surface area contributed by atoms with Crippen molar-refractivity contribution in [2.24, 2.45) is 0 Å². The summed E-state index contributed by atoms with van der Waals surface area (Å²) in [6, 6.07) is 0. The van der Waals surface area contributed by atoms with Crippen LogP contribution in [0.3, 0.4) is 0 Å². The van der Waals surface area contributed by atoms with E-state index in [1.54, 1.807) is 0 Å². The topological polar surface area (TPSA) is 58.6 Å². The Morgan fingerprint density at radius 2 is 2.05 bits per heavy atom. The average Bonchev–Trinajstić information content (AvgIpc) is 2.61. The van der Waals surface area contributed by atoms with Crippen LogP contribution in [0.25, 0.3) is 0 Å². The minimum atomic E-state index is -0.609. The summed E-state index contributed by atoms with van der Waals surface area (Å²) in [6.07, 6.45) is 3.81. The molecule has 2 aliphatic heterocycles. The zero-order valence-corrected chi connectivity index (χ0v) is 12.6. The number of nitrogens with one attached hydrogen (secondary N) is 1. The van der Waals surface area contributed by atoms with Crippen molar-refractivity contribution in [3.05, 3.63) is 21.8 Å². The van der Waals surface area contributed by atoms with Crippen LogP contribution in [0.1, 0.15) is 26.7 Å². The number of carbonyl (C=O) groups excluding carboxylic acids is 2. The number of carbonyl (C=O) groups is 2. The van der Waals surface area contributed by atoms with Gasteiger partial charge in [0.1, 0.15) is 11.4 Å². The second-order valence-electron chi connectivity index (χ2n) is 4.84. The number of hydrogen-bond acceptors (Lipinski definition) is 3. The molecule has 0 saturated carbocycles. The fraction of sp³-hybridized carbons (Fsp3) is 0.538. The van der Waals surface area contributed by atoms with E-state index in [4.69, 9.17) is 4.74 Å². The molecule has 1 spiro atoms. The van der Waals surface area contributed by atoms with Crippen LogP contribution in [-0.4, -0.2) is 36.1 Å². The Morgan fingerprint density at radius 1 is 1.42 bits per heavy atom. The van der Waals surface area contributed by atoms with Gasteiger partial charge in [0.25, 0.3) is 5.91 Å². The lowest BCUT2D eigenvalue weighted by molar-refractivity contribution is -0.123. The molecule has 0 unspecified atom stereocenters. The van der Waals surface area contributed by atoms with Crippen LogP contribution >= 0.6 is 15.9 Å². The summed E-state index contributed by atoms with van der Waals surface area (Å²) >= 11 is 3.34. The number of ether oxygens (including phenoxy) is 1. The predicted molar refractivity (Wildman–Crippen MR) is 74.2 cm³/mol. The molecule has 2 rings (SSSR count).